The minimum absolute atomic E-state index is 0.160. The molecule has 2 atom stereocenters. The molecule has 2 heterocycles. The number of β-amino-alcohol motifs (C(OH)–C–C–N with tert-alkyl or cyclic N) is 1. The highest BCUT2D eigenvalue weighted by Crippen LogP contribution is 2.49. The van der Waals surface area contributed by atoms with Crippen molar-refractivity contribution in [3.63, 3.8) is 0 Å². The van der Waals surface area contributed by atoms with Crippen LogP contribution in [0.3, 0.4) is 0 Å². The van der Waals surface area contributed by atoms with Crippen LogP contribution in [0.5, 0.6) is 17.2 Å². The summed E-state index contributed by atoms with van der Waals surface area (Å²) in [5.41, 5.74) is 2.27. The van der Waals surface area contributed by atoms with Crippen molar-refractivity contribution in [2.45, 2.75) is 70.8 Å². The van der Waals surface area contributed by atoms with Crippen molar-refractivity contribution in [3.8, 4) is 17.2 Å². The first-order valence-electron chi connectivity index (χ1n) is 13.0. The van der Waals surface area contributed by atoms with E-state index in [0.717, 1.165) is 62.8 Å². The molecule has 1 saturated carbocycles. The fourth-order valence-electron chi connectivity index (χ4n) is 5.30. The third-order valence-electron chi connectivity index (χ3n) is 7.37. The average Bonchev–Trinajstić information content (AvgIpc) is 3.27. The zero-order valence-corrected chi connectivity index (χ0v) is 21.1. The lowest BCUT2D eigenvalue weighted by atomic mass is 9.61. The zero-order chi connectivity index (χ0) is 24.0. The number of hydrogen-bond donors (Lipinski definition) is 1. The van der Waals surface area contributed by atoms with E-state index in [1.165, 1.54) is 30.4 Å². The highest BCUT2D eigenvalue weighted by Gasteiger charge is 2.46. The van der Waals surface area contributed by atoms with Gasteiger partial charge in [0.25, 0.3) is 0 Å². The molecule has 2 aromatic carbocycles. The average molecular weight is 468 g/mol. The molecule has 186 valence electrons. The van der Waals surface area contributed by atoms with Gasteiger partial charge in [-0.3, -0.25) is 0 Å². The number of nitrogens with zero attached hydrogens (tertiary/aromatic N) is 1. The van der Waals surface area contributed by atoms with Crippen LogP contribution in [0.2, 0.25) is 0 Å². The van der Waals surface area contributed by atoms with Gasteiger partial charge in [0.2, 0.25) is 6.79 Å². The first-order valence-corrected chi connectivity index (χ1v) is 13.0. The van der Waals surface area contributed by atoms with Crippen molar-refractivity contribution in [2.75, 3.05) is 33.0 Å². The Bertz CT molecular complexity index is 909. The first kappa shape index (κ1) is 24.9. The summed E-state index contributed by atoms with van der Waals surface area (Å²) in [7, 11) is 0. The maximum Gasteiger partial charge on any atom is 0.231 e. The van der Waals surface area contributed by atoms with Gasteiger partial charge in [0.1, 0.15) is 5.75 Å². The minimum Gasteiger partial charge on any atom is -0.493 e. The standard InChI is InChI=1S/C26H33NO4.C3H8/c1-19-5-8-22(9-6-19)29-17-20-4-2-13-27(15-20)16-25(28)26(11-3-12-26)21-7-10-23-24(14-21)31-18-30-23;1-3-2/h5-10,14,20,25,28H,2-4,11-13,15-18H2,1H3;3H2,1-2H3. The molecule has 0 spiro atoms. The molecular weight excluding hydrogens is 426 g/mol. The summed E-state index contributed by atoms with van der Waals surface area (Å²) in [6.07, 6.45) is 6.44. The molecule has 1 aliphatic carbocycles. The number of aliphatic hydroxyl groups is 1. The quantitative estimate of drug-likeness (QED) is 0.565. The maximum atomic E-state index is 11.3. The van der Waals surface area contributed by atoms with E-state index < -0.39 is 0 Å². The predicted molar refractivity (Wildman–Crippen MR) is 136 cm³/mol. The summed E-state index contributed by atoms with van der Waals surface area (Å²) in [5, 5.41) is 11.3. The number of ether oxygens (including phenoxy) is 3. The fourth-order valence-corrected chi connectivity index (χ4v) is 5.30. The molecule has 0 radical (unpaired) electrons. The molecule has 3 aliphatic rings. The van der Waals surface area contributed by atoms with E-state index in [0.29, 0.717) is 5.92 Å². The molecule has 5 rings (SSSR count). The van der Waals surface area contributed by atoms with Crippen LogP contribution in [0.1, 0.15) is 63.5 Å². The van der Waals surface area contributed by atoms with E-state index in [2.05, 4.69) is 49.9 Å². The second kappa shape index (κ2) is 11.5. The van der Waals surface area contributed by atoms with Crippen LogP contribution in [0, 0.1) is 12.8 Å². The highest BCUT2D eigenvalue weighted by molar-refractivity contribution is 5.47. The molecule has 0 amide bonds. The Hall–Kier alpha value is -2.24. The van der Waals surface area contributed by atoms with Crippen LogP contribution in [0.15, 0.2) is 42.5 Å². The monoisotopic (exact) mass is 467 g/mol. The molecule has 34 heavy (non-hydrogen) atoms. The van der Waals surface area contributed by atoms with E-state index in [9.17, 15) is 5.11 Å². The van der Waals surface area contributed by atoms with Crippen LogP contribution < -0.4 is 14.2 Å². The Balaban J connectivity index is 0.000000868. The van der Waals surface area contributed by atoms with E-state index in [1.54, 1.807) is 0 Å². The van der Waals surface area contributed by atoms with Gasteiger partial charge in [-0.2, -0.15) is 0 Å². The lowest BCUT2D eigenvalue weighted by Crippen LogP contribution is -2.52. The minimum atomic E-state index is -0.376. The Kier molecular flexibility index (Phi) is 8.38. The number of aryl methyl sites for hydroxylation is 1. The predicted octanol–water partition coefficient (Wildman–Crippen LogP) is 5.71. The molecule has 1 N–H and O–H groups in total. The van der Waals surface area contributed by atoms with Gasteiger partial charge in [-0.25, -0.2) is 0 Å². The highest BCUT2D eigenvalue weighted by atomic mass is 16.7. The number of aliphatic hydroxyl groups excluding tert-OH is 1. The molecule has 5 nitrogen and oxygen atoms in total. The van der Waals surface area contributed by atoms with Gasteiger partial charge in [0, 0.05) is 24.4 Å². The van der Waals surface area contributed by atoms with Crippen molar-refractivity contribution in [1.29, 1.82) is 0 Å². The van der Waals surface area contributed by atoms with Crippen molar-refractivity contribution >= 4 is 0 Å². The summed E-state index contributed by atoms with van der Waals surface area (Å²) in [6.45, 7) is 10.1. The molecule has 2 unspecified atom stereocenters. The van der Waals surface area contributed by atoms with E-state index in [1.807, 2.05) is 18.2 Å². The zero-order valence-electron chi connectivity index (χ0n) is 21.1. The number of hydrogen-bond acceptors (Lipinski definition) is 5. The first-order chi connectivity index (χ1) is 16.5. The summed E-state index contributed by atoms with van der Waals surface area (Å²) >= 11 is 0. The molecule has 0 aromatic heterocycles. The van der Waals surface area contributed by atoms with Gasteiger partial charge in [0.05, 0.1) is 12.7 Å². The molecule has 2 fully saturated rings. The molecule has 1 saturated heterocycles. The third kappa shape index (κ3) is 5.69. The van der Waals surface area contributed by atoms with Crippen molar-refractivity contribution in [3.05, 3.63) is 53.6 Å². The normalized spacial score (nSPS) is 21.7. The summed E-state index contributed by atoms with van der Waals surface area (Å²) in [4.78, 5) is 2.43. The Morgan fingerprint density at radius 1 is 1.06 bits per heavy atom. The van der Waals surface area contributed by atoms with Crippen LogP contribution in [0.4, 0.5) is 0 Å². The lowest BCUT2D eigenvalue weighted by molar-refractivity contribution is -0.00869. The van der Waals surface area contributed by atoms with Crippen LogP contribution >= 0.6 is 0 Å². The lowest BCUT2D eigenvalue weighted by Gasteiger charge is -2.48. The summed E-state index contributed by atoms with van der Waals surface area (Å²) in [5.74, 6) is 3.06. The van der Waals surface area contributed by atoms with Crippen molar-refractivity contribution in [1.82, 2.24) is 4.90 Å². The Morgan fingerprint density at radius 3 is 2.50 bits per heavy atom. The molecular formula is C29H41NO4. The third-order valence-corrected chi connectivity index (χ3v) is 7.37. The van der Waals surface area contributed by atoms with Gasteiger partial charge in [-0.1, -0.05) is 50.5 Å². The molecule has 0 bridgehead atoms. The largest absolute Gasteiger partial charge is 0.493 e. The van der Waals surface area contributed by atoms with Crippen LogP contribution in [-0.4, -0.2) is 49.1 Å². The summed E-state index contributed by atoms with van der Waals surface area (Å²) in [6, 6.07) is 14.5. The van der Waals surface area contributed by atoms with E-state index in [4.69, 9.17) is 14.2 Å². The SMILES string of the molecule is CCC.Cc1ccc(OCC2CCCN(CC(O)C3(c4ccc5c(c4)OCO5)CCC3)C2)cc1. The van der Waals surface area contributed by atoms with Gasteiger partial charge in [-0.05, 0) is 69.0 Å². The smallest absolute Gasteiger partial charge is 0.231 e. The number of benzene rings is 2. The Labute approximate surface area is 205 Å². The second-order valence-electron chi connectivity index (χ2n) is 10.2. The fraction of sp³-hybridized carbons (Fsp3) is 0.586. The van der Waals surface area contributed by atoms with Gasteiger partial charge in [-0.15, -0.1) is 0 Å². The van der Waals surface area contributed by atoms with Crippen molar-refractivity contribution < 1.29 is 19.3 Å². The van der Waals surface area contributed by atoms with Gasteiger partial charge < -0.3 is 24.2 Å². The maximum absolute atomic E-state index is 11.3. The van der Waals surface area contributed by atoms with E-state index >= 15 is 0 Å². The van der Waals surface area contributed by atoms with Gasteiger partial charge in [0.15, 0.2) is 11.5 Å². The molecule has 5 heteroatoms. The van der Waals surface area contributed by atoms with Crippen LogP contribution in [-0.2, 0) is 5.41 Å². The van der Waals surface area contributed by atoms with E-state index in [-0.39, 0.29) is 18.3 Å². The second-order valence-corrected chi connectivity index (χ2v) is 10.2. The van der Waals surface area contributed by atoms with Crippen LogP contribution in [0.25, 0.3) is 0 Å². The molecule has 2 aliphatic heterocycles. The number of piperidine rings is 1. The topological polar surface area (TPSA) is 51.2 Å². The number of fused-ring (bicyclic) bond motifs is 1. The Morgan fingerprint density at radius 2 is 1.79 bits per heavy atom. The number of rotatable bonds is 7. The van der Waals surface area contributed by atoms with Gasteiger partial charge >= 0.3 is 0 Å². The number of likely N-dealkylation sites (tertiary alicyclic amines) is 1. The summed E-state index contributed by atoms with van der Waals surface area (Å²) < 4.78 is 17.1. The van der Waals surface area contributed by atoms with Crippen molar-refractivity contribution in [2.24, 2.45) is 5.92 Å². The molecule has 2 aromatic rings.